The van der Waals surface area contributed by atoms with Gasteiger partial charge in [-0.05, 0) is 31.1 Å². The molecule has 23 heavy (non-hydrogen) atoms. The van der Waals surface area contributed by atoms with Crippen LogP contribution < -0.4 is 14.8 Å². The van der Waals surface area contributed by atoms with Crippen LogP contribution in [0.15, 0.2) is 22.7 Å². The number of aromatic nitrogens is 1. The lowest BCUT2D eigenvalue weighted by atomic mass is 10.2. The van der Waals surface area contributed by atoms with Crippen molar-refractivity contribution in [2.75, 3.05) is 11.9 Å². The van der Waals surface area contributed by atoms with Gasteiger partial charge in [0.2, 0.25) is 0 Å². The number of carbonyl (C=O) groups excluding carboxylic acids is 1. The Hall–Kier alpha value is -2.35. The number of anilines is 1. The molecule has 0 aliphatic heterocycles. The quantitative estimate of drug-likeness (QED) is 0.865. The van der Waals surface area contributed by atoms with Crippen LogP contribution >= 0.6 is 11.6 Å². The number of halogens is 3. The average molecular weight is 347 g/mol. The summed E-state index contributed by atoms with van der Waals surface area (Å²) in [6.07, 6.45) is 0. The fraction of sp³-hybridized carbons (Fsp3) is 0.286. The van der Waals surface area contributed by atoms with Gasteiger partial charge in [0.1, 0.15) is 11.4 Å². The number of aryl methyl sites for hydroxylation is 1. The number of ether oxygens (including phenoxy) is 2. The van der Waals surface area contributed by atoms with E-state index in [0.717, 1.165) is 0 Å². The largest absolute Gasteiger partial charge is 0.483 e. The van der Waals surface area contributed by atoms with Gasteiger partial charge in [-0.15, -0.1) is 0 Å². The molecule has 0 bridgehead atoms. The third-order valence-electron chi connectivity index (χ3n) is 2.87. The molecule has 0 fully saturated rings. The summed E-state index contributed by atoms with van der Waals surface area (Å²) < 4.78 is 38.7. The van der Waals surface area contributed by atoms with Crippen LogP contribution in [0.3, 0.4) is 0 Å². The molecule has 1 aromatic carbocycles. The average Bonchev–Trinajstić information content (AvgIpc) is 2.81. The van der Waals surface area contributed by atoms with Crippen LogP contribution in [0.4, 0.5) is 14.5 Å². The topological polar surface area (TPSA) is 73.6 Å². The molecule has 0 spiro atoms. The predicted octanol–water partition coefficient (Wildman–Crippen LogP) is 3.56. The van der Waals surface area contributed by atoms with E-state index >= 15 is 0 Å². The maximum Gasteiger partial charge on any atom is 0.388 e. The number of rotatable bonds is 6. The molecule has 0 radical (unpaired) electrons. The van der Waals surface area contributed by atoms with Crippen LogP contribution in [0.25, 0.3) is 0 Å². The van der Waals surface area contributed by atoms with Crippen LogP contribution in [0, 0.1) is 13.8 Å². The second-order valence-corrected chi connectivity index (χ2v) is 4.90. The second-order valence-electron chi connectivity index (χ2n) is 4.50. The minimum atomic E-state index is -3.08. The van der Waals surface area contributed by atoms with Crippen molar-refractivity contribution in [3.05, 3.63) is 34.5 Å². The Morgan fingerprint density at radius 2 is 2.17 bits per heavy atom. The Kier molecular flexibility index (Phi) is 5.38. The summed E-state index contributed by atoms with van der Waals surface area (Å²) in [5, 5.41) is 6.16. The molecule has 2 aromatic rings. The van der Waals surface area contributed by atoms with Crippen molar-refractivity contribution in [1.29, 1.82) is 0 Å². The van der Waals surface area contributed by atoms with Crippen molar-refractivity contribution in [2.45, 2.75) is 20.5 Å². The fourth-order valence-electron chi connectivity index (χ4n) is 1.72. The molecule has 1 N–H and O–H groups in total. The SMILES string of the molecule is Cc1onc(OC(F)F)c1NC(=O)COc1cccc(Cl)c1C. The summed E-state index contributed by atoms with van der Waals surface area (Å²) in [7, 11) is 0. The van der Waals surface area contributed by atoms with Crippen molar-refractivity contribution in [1.82, 2.24) is 5.16 Å². The van der Waals surface area contributed by atoms with Crippen molar-refractivity contribution < 1.29 is 27.6 Å². The molecule has 0 unspecified atom stereocenters. The van der Waals surface area contributed by atoms with Crippen LogP contribution in [-0.4, -0.2) is 24.3 Å². The molecule has 1 aromatic heterocycles. The second kappa shape index (κ2) is 7.28. The number of alkyl halides is 2. The van der Waals surface area contributed by atoms with Gasteiger partial charge in [-0.3, -0.25) is 4.79 Å². The summed E-state index contributed by atoms with van der Waals surface area (Å²) in [5.74, 6) is -0.508. The lowest BCUT2D eigenvalue weighted by Crippen LogP contribution is -2.21. The van der Waals surface area contributed by atoms with Crippen LogP contribution in [0.5, 0.6) is 11.6 Å². The van der Waals surface area contributed by atoms with E-state index in [1.807, 2.05) is 0 Å². The summed E-state index contributed by atoms with van der Waals surface area (Å²) in [6, 6.07) is 5.03. The van der Waals surface area contributed by atoms with Crippen LogP contribution in [0.2, 0.25) is 5.02 Å². The molecule has 0 aliphatic rings. The van der Waals surface area contributed by atoms with Gasteiger partial charge in [0.25, 0.3) is 11.8 Å². The third kappa shape index (κ3) is 4.32. The molecule has 0 aliphatic carbocycles. The number of hydrogen-bond acceptors (Lipinski definition) is 5. The van der Waals surface area contributed by atoms with Gasteiger partial charge < -0.3 is 19.3 Å². The highest BCUT2D eigenvalue weighted by molar-refractivity contribution is 6.31. The highest BCUT2D eigenvalue weighted by Gasteiger charge is 2.20. The van der Waals surface area contributed by atoms with E-state index in [2.05, 4.69) is 15.2 Å². The van der Waals surface area contributed by atoms with Gasteiger partial charge in [0, 0.05) is 10.6 Å². The monoisotopic (exact) mass is 346 g/mol. The zero-order valence-corrected chi connectivity index (χ0v) is 13.0. The lowest BCUT2D eigenvalue weighted by molar-refractivity contribution is -0.118. The Labute approximate surface area is 135 Å². The van der Waals surface area contributed by atoms with Gasteiger partial charge in [0.05, 0.1) is 0 Å². The van der Waals surface area contributed by atoms with E-state index in [9.17, 15) is 13.6 Å². The van der Waals surface area contributed by atoms with Gasteiger partial charge in [0.15, 0.2) is 12.4 Å². The summed E-state index contributed by atoms with van der Waals surface area (Å²) in [4.78, 5) is 11.9. The normalized spacial score (nSPS) is 10.7. The van der Waals surface area contributed by atoms with E-state index in [1.54, 1.807) is 25.1 Å². The van der Waals surface area contributed by atoms with Crippen molar-refractivity contribution >= 4 is 23.2 Å². The molecule has 124 valence electrons. The molecule has 1 amide bonds. The first-order chi connectivity index (χ1) is 10.9. The summed E-state index contributed by atoms with van der Waals surface area (Å²) in [5.41, 5.74) is 0.617. The highest BCUT2D eigenvalue weighted by atomic mass is 35.5. The molecule has 1 heterocycles. The molecular formula is C14H13ClF2N2O4. The van der Waals surface area contributed by atoms with E-state index in [1.165, 1.54) is 6.92 Å². The number of nitrogens with one attached hydrogen (secondary N) is 1. The van der Waals surface area contributed by atoms with Gasteiger partial charge in [-0.25, -0.2) is 0 Å². The summed E-state index contributed by atoms with van der Waals surface area (Å²) >= 11 is 5.95. The smallest absolute Gasteiger partial charge is 0.388 e. The van der Waals surface area contributed by atoms with Crippen molar-refractivity contribution in [3.63, 3.8) is 0 Å². The molecule has 2 rings (SSSR count). The highest BCUT2D eigenvalue weighted by Crippen LogP contribution is 2.29. The Balaban J connectivity index is 2.00. The third-order valence-corrected chi connectivity index (χ3v) is 3.28. The first kappa shape index (κ1) is 17.0. The molecule has 0 saturated heterocycles. The number of carbonyl (C=O) groups is 1. The Bertz CT molecular complexity index is 706. The summed E-state index contributed by atoms with van der Waals surface area (Å²) in [6.45, 7) is -0.238. The number of nitrogens with zero attached hydrogens (tertiary/aromatic N) is 1. The van der Waals surface area contributed by atoms with E-state index < -0.39 is 18.4 Å². The number of hydrogen-bond donors (Lipinski definition) is 1. The van der Waals surface area contributed by atoms with Gasteiger partial charge >= 0.3 is 6.61 Å². The van der Waals surface area contributed by atoms with Gasteiger partial charge in [-0.1, -0.05) is 17.7 Å². The molecule has 0 atom stereocenters. The number of benzene rings is 1. The lowest BCUT2D eigenvalue weighted by Gasteiger charge is -2.10. The van der Waals surface area contributed by atoms with Crippen molar-refractivity contribution in [3.8, 4) is 11.6 Å². The first-order valence-corrected chi connectivity index (χ1v) is 6.85. The molecular weight excluding hydrogens is 334 g/mol. The van der Waals surface area contributed by atoms with Crippen LogP contribution in [0.1, 0.15) is 11.3 Å². The molecule has 6 nitrogen and oxygen atoms in total. The van der Waals surface area contributed by atoms with Gasteiger partial charge in [-0.2, -0.15) is 8.78 Å². The number of amides is 1. The van der Waals surface area contributed by atoms with E-state index in [4.69, 9.17) is 20.9 Å². The molecule has 9 heteroatoms. The van der Waals surface area contributed by atoms with E-state index in [0.29, 0.717) is 16.3 Å². The fourth-order valence-corrected chi connectivity index (χ4v) is 1.89. The maximum absolute atomic E-state index is 12.2. The standard InChI is InChI=1S/C14H13ClF2N2O4/c1-7-9(15)4-3-5-10(7)21-6-11(20)18-12-8(2)23-19-13(12)22-14(16)17/h3-5,14H,6H2,1-2H3,(H,18,20). The predicted molar refractivity (Wildman–Crippen MR) is 78.2 cm³/mol. The molecule has 0 saturated carbocycles. The van der Waals surface area contributed by atoms with E-state index in [-0.39, 0.29) is 18.1 Å². The first-order valence-electron chi connectivity index (χ1n) is 6.47. The minimum absolute atomic E-state index is 0.0679. The zero-order valence-electron chi connectivity index (χ0n) is 12.2. The Morgan fingerprint density at radius 1 is 1.43 bits per heavy atom. The van der Waals surface area contributed by atoms with Crippen LogP contribution in [-0.2, 0) is 4.79 Å². The zero-order chi connectivity index (χ0) is 17.0. The maximum atomic E-state index is 12.2. The minimum Gasteiger partial charge on any atom is -0.483 e. The van der Waals surface area contributed by atoms with Crippen molar-refractivity contribution in [2.24, 2.45) is 0 Å². The Morgan fingerprint density at radius 3 is 2.87 bits per heavy atom.